The van der Waals surface area contributed by atoms with Gasteiger partial charge in [-0.25, -0.2) is 0 Å². The summed E-state index contributed by atoms with van der Waals surface area (Å²) in [6, 6.07) is 2.31. The fraction of sp³-hybridized carbons (Fsp3) is 0.933. The zero-order valence-corrected chi connectivity index (χ0v) is 34.0. The van der Waals surface area contributed by atoms with E-state index >= 15 is 0 Å². The molecule has 0 aromatic rings. The van der Waals surface area contributed by atoms with E-state index in [0.717, 1.165) is 75.9 Å². The number of hydrogen-bond donors (Lipinski definition) is 0. The van der Waals surface area contributed by atoms with Gasteiger partial charge >= 0.3 is 0 Å². The summed E-state index contributed by atoms with van der Waals surface area (Å²) in [4.78, 5) is 2.71. The number of allylic oxidation sites excluding steroid dienone is 1. The summed E-state index contributed by atoms with van der Waals surface area (Å²) in [7, 11) is 0. The molecule has 1 fully saturated rings. The molecular weight excluding hydrogens is 617 g/mol. The minimum atomic E-state index is -0.135. The van der Waals surface area contributed by atoms with E-state index < -0.39 is 0 Å². The van der Waals surface area contributed by atoms with Crippen molar-refractivity contribution < 1.29 is 14.2 Å². The number of unbranched alkanes of at least 4 members (excludes halogenated alkanes) is 20. The Kier molecular flexibility index (Phi) is 34.0. The molecule has 1 aliphatic heterocycles. The van der Waals surface area contributed by atoms with Gasteiger partial charge in [0.1, 0.15) is 0 Å². The fourth-order valence-electron chi connectivity index (χ4n) is 7.63. The second-order valence-electron chi connectivity index (χ2n) is 15.6. The molecule has 0 spiro atoms. The first-order valence-corrected chi connectivity index (χ1v) is 22.3. The molecule has 0 aliphatic carbocycles. The lowest BCUT2D eigenvalue weighted by Crippen LogP contribution is -2.41. The molecule has 2 atom stereocenters. The number of nitriles is 1. The molecule has 0 N–H and O–H groups in total. The number of rotatable bonds is 38. The van der Waals surface area contributed by atoms with Crippen LogP contribution in [0.25, 0.3) is 0 Å². The molecule has 1 saturated heterocycles. The van der Waals surface area contributed by atoms with Crippen LogP contribution in [0.5, 0.6) is 0 Å². The van der Waals surface area contributed by atoms with Crippen molar-refractivity contribution in [1.29, 1.82) is 5.26 Å². The third kappa shape index (κ3) is 28.5. The van der Waals surface area contributed by atoms with Crippen LogP contribution in [0.15, 0.2) is 12.3 Å². The maximum Gasteiger partial charge on any atom is 0.157 e. The third-order valence-corrected chi connectivity index (χ3v) is 11.0. The monoisotopic (exact) mass is 703 g/mol. The average Bonchev–Trinajstić information content (AvgIpc) is 3.12. The lowest BCUT2D eigenvalue weighted by Gasteiger charge is -2.39. The molecule has 1 rings (SSSR count). The summed E-state index contributed by atoms with van der Waals surface area (Å²) in [6.07, 6.45) is 37.4. The van der Waals surface area contributed by atoms with Crippen LogP contribution in [-0.2, 0) is 14.2 Å². The summed E-state index contributed by atoms with van der Waals surface area (Å²) in [5.41, 5.74) is 0. The topological polar surface area (TPSA) is 54.7 Å². The molecule has 0 amide bonds. The fourth-order valence-corrected chi connectivity index (χ4v) is 7.63. The molecule has 0 saturated carbocycles. The predicted molar refractivity (Wildman–Crippen MR) is 215 cm³/mol. The van der Waals surface area contributed by atoms with Crippen molar-refractivity contribution in [3.05, 3.63) is 12.3 Å². The highest BCUT2D eigenvalue weighted by Crippen LogP contribution is 2.32. The Bertz CT molecular complexity index is 750. The second kappa shape index (κ2) is 36.3. The first kappa shape index (κ1) is 46.9. The van der Waals surface area contributed by atoms with Crippen LogP contribution < -0.4 is 0 Å². The van der Waals surface area contributed by atoms with Crippen molar-refractivity contribution in [3.63, 3.8) is 0 Å². The van der Waals surface area contributed by atoms with Crippen LogP contribution >= 0.6 is 0 Å². The standard InChI is InChI=1S/C45H86N2O3/c1-5-8-11-14-19-28-39-49-45(50-40-29-20-15-12-9-6-2)33-32-42(4)48-38-27-21-16-18-23-30-43-34-37-47(36-26-22-25-35-46)41-44(43)31-24-17-13-10-7-3/h43-45H,4-34,36-41H2,1-3H3. The third-order valence-electron chi connectivity index (χ3n) is 11.0. The molecule has 1 heterocycles. The van der Waals surface area contributed by atoms with E-state index in [-0.39, 0.29) is 6.29 Å². The van der Waals surface area contributed by atoms with E-state index in [1.165, 1.54) is 167 Å². The van der Waals surface area contributed by atoms with Gasteiger partial charge in [0.05, 0.1) is 18.4 Å². The Labute approximate surface area is 313 Å². The first-order valence-electron chi connectivity index (χ1n) is 22.3. The van der Waals surface area contributed by atoms with E-state index in [9.17, 15) is 0 Å². The number of likely N-dealkylation sites (tertiary alicyclic amines) is 1. The Morgan fingerprint density at radius 1 is 0.640 bits per heavy atom. The highest BCUT2D eigenvalue weighted by molar-refractivity contribution is 4.83. The maximum absolute atomic E-state index is 8.88. The largest absolute Gasteiger partial charge is 0.499 e. The normalized spacial score (nSPS) is 16.6. The van der Waals surface area contributed by atoms with Gasteiger partial charge in [-0.3, -0.25) is 0 Å². The van der Waals surface area contributed by atoms with Gasteiger partial charge in [-0.05, 0) is 69.9 Å². The summed E-state index contributed by atoms with van der Waals surface area (Å²) in [6.45, 7) is 17.2. The predicted octanol–water partition coefficient (Wildman–Crippen LogP) is 13.7. The highest BCUT2D eigenvalue weighted by Gasteiger charge is 2.28. The molecule has 0 bridgehead atoms. The van der Waals surface area contributed by atoms with E-state index in [4.69, 9.17) is 19.5 Å². The van der Waals surface area contributed by atoms with Crippen LogP contribution in [0.3, 0.4) is 0 Å². The highest BCUT2D eigenvalue weighted by atomic mass is 16.7. The minimum Gasteiger partial charge on any atom is -0.499 e. The van der Waals surface area contributed by atoms with Crippen molar-refractivity contribution in [1.82, 2.24) is 4.90 Å². The van der Waals surface area contributed by atoms with Gasteiger partial charge in [-0.15, -0.1) is 0 Å². The SMILES string of the molecule is C=C(CCC(OCCCCCCCC)OCCCCCCCC)OCCCCCCCC1CCN(CCCCC#N)CC1CCCCCCC. The molecule has 50 heavy (non-hydrogen) atoms. The summed E-state index contributed by atoms with van der Waals surface area (Å²) < 4.78 is 18.5. The number of piperidine rings is 1. The molecule has 5 heteroatoms. The Morgan fingerprint density at radius 3 is 1.70 bits per heavy atom. The van der Waals surface area contributed by atoms with Gasteiger partial charge < -0.3 is 19.1 Å². The lowest BCUT2D eigenvalue weighted by atomic mass is 9.79. The van der Waals surface area contributed by atoms with Crippen molar-refractivity contribution in [3.8, 4) is 6.07 Å². The molecule has 5 nitrogen and oxygen atoms in total. The first-order chi connectivity index (χ1) is 24.6. The van der Waals surface area contributed by atoms with Gasteiger partial charge in [0, 0.05) is 39.0 Å². The van der Waals surface area contributed by atoms with Crippen molar-refractivity contribution in [2.24, 2.45) is 11.8 Å². The molecular formula is C45H86N2O3. The number of nitrogens with zero attached hydrogens (tertiary/aromatic N) is 2. The van der Waals surface area contributed by atoms with Gasteiger partial charge in [0.15, 0.2) is 6.29 Å². The Hall–Kier alpha value is -1.09. The zero-order valence-electron chi connectivity index (χ0n) is 34.0. The second-order valence-corrected chi connectivity index (χ2v) is 15.6. The van der Waals surface area contributed by atoms with E-state index in [0.29, 0.717) is 6.42 Å². The Morgan fingerprint density at radius 2 is 1.14 bits per heavy atom. The molecule has 294 valence electrons. The van der Waals surface area contributed by atoms with Crippen LogP contribution in [0, 0.1) is 23.2 Å². The van der Waals surface area contributed by atoms with E-state index in [2.05, 4.69) is 38.3 Å². The van der Waals surface area contributed by atoms with Crippen LogP contribution in [0.2, 0.25) is 0 Å². The van der Waals surface area contributed by atoms with Gasteiger partial charge in [0.2, 0.25) is 0 Å². The lowest BCUT2D eigenvalue weighted by molar-refractivity contribution is -0.147. The molecule has 1 aliphatic rings. The zero-order chi connectivity index (χ0) is 36.2. The summed E-state index contributed by atoms with van der Waals surface area (Å²) in [5, 5.41) is 8.88. The smallest absolute Gasteiger partial charge is 0.157 e. The average molecular weight is 703 g/mol. The quantitative estimate of drug-likeness (QED) is 0.0364. The van der Waals surface area contributed by atoms with Gasteiger partial charge in [-0.2, -0.15) is 5.26 Å². The van der Waals surface area contributed by atoms with Gasteiger partial charge in [-0.1, -0.05) is 156 Å². The molecule has 0 radical (unpaired) electrons. The van der Waals surface area contributed by atoms with Crippen molar-refractivity contribution in [2.45, 2.75) is 220 Å². The van der Waals surface area contributed by atoms with E-state index in [1.54, 1.807) is 0 Å². The maximum atomic E-state index is 8.88. The van der Waals surface area contributed by atoms with Gasteiger partial charge in [0.25, 0.3) is 0 Å². The molecule has 0 aromatic carbocycles. The van der Waals surface area contributed by atoms with E-state index in [1.807, 2.05) is 0 Å². The summed E-state index contributed by atoms with van der Waals surface area (Å²) in [5.74, 6) is 2.68. The molecule has 2 unspecified atom stereocenters. The number of ether oxygens (including phenoxy) is 3. The molecule has 0 aromatic heterocycles. The van der Waals surface area contributed by atoms with Crippen LogP contribution in [0.4, 0.5) is 0 Å². The minimum absolute atomic E-state index is 0.135. The van der Waals surface area contributed by atoms with Crippen LogP contribution in [0.1, 0.15) is 213 Å². The van der Waals surface area contributed by atoms with Crippen molar-refractivity contribution in [2.75, 3.05) is 39.5 Å². The van der Waals surface area contributed by atoms with Crippen LogP contribution in [-0.4, -0.2) is 50.6 Å². The summed E-state index contributed by atoms with van der Waals surface area (Å²) >= 11 is 0. The number of hydrogen-bond acceptors (Lipinski definition) is 5. The Balaban J connectivity index is 2.25. The van der Waals surface area contributed by atoms with Crippen molar-refractivity contribution >= 4 is 0 Å².